The van der Waals surface area contributed by atoms with Crippen molar-refractivity contribution in [1.29, 1.82) is 0 Å². The van der Waals surface area contributed by atoms with E-state index in [4.69, 9.17) is 5.73 Å². The van der Waals surface area contributed by atoms with E-state index in [-0.39, 0.29) is 5.91 Å². The summed E-state index contributed by atoms with van der Waals surface area (Å²) in [6, 6.07) is 3.77. The largest absolute Gasteiger partial charge is 0.366 e. The molecule has 2 aromatic rings. The van der Waals surface area contributed by atoms with E-state index in [0.29, 0.717) is 5.56 Å². The molecule has 82 valence electrons. The number of rotatable bonds is 2. The quantitative estimate of drug-likeness (QED) is 0.865. The molecule has 0 fully saturated rings. The zero-order valence-electron chi connectivity index (χ0n) is 9.15. The Hall–Kier alpha value is -1.68. The lowest BCUT2D eigenvalue weighted by Gasteiger charge is -2.00. The highest BCUT2D eigenvalue weighted by molar-refractivity contribution is 7.16. The predicted molar refractivity (Wildman–Crippen MR) is 65.5 cm³/mol. The van der Waals surface area contributed by atoms with Crippen molar-refractivity contribution >= 4 is 17.2 Å². The van der Waals surface area contributed by atoms with Crippen molar-refractivity contribution in [1.82, 2.24) is 4.98 Å². The predicted octanol–water partition coefficient (Wildman–Crippen LogP) is 2.53. The van der Waals surface area contributed by atoms with Gasteiger partial charge in [-0.05, 0) is 37.1 Å². The van der Waals surface area contributed by atoms with Crippen LogP contribution in [0.4, 0.5) is 0 Å². The molecule has 2 rings (SSSR count). The zero-order chi connectivity index (χ0) is 11.7. The molecule has 0 aliphatic carbocycles. The van der Waals surface area contributed by atoms with Crippen LogP contribution in [0, 0.1) is 13.8 Å². The molecule has 2 heterocycles. The lowest BCUT2D eigenvalue weighted by Crippen LogP contribution is -2.12. The molecule has 0 bridgehead atoms. The maximum atomic E-state index is 11.4. The first-order chi connectivity index (χ1) is 7.61. The maximum Gasteiger partial charge on any atom is 0.250 e. The Morgan fingerprint density at radius 3 is 2.50 bits per heavy atom. The molecule has 2 N–H and O–H groups in total. The molecule has 0 unspecified atom stereocenters. The lowest BCUT2D eigenvalue weighted by atomic mass is 10.1. The minimum Gasteiger partial charge on any atom is -0.366 e. The Bertz CT molecular complexity index is 531. The third kappa shape index (κ3) is 1.72. The van der Waals surface area contributed by atoms with Crippen LogP contribution >= 0.6 is 11.3 Å². The summed E-state index contributed by atoms with van der Waals surface area (Å²) in [6.45, 7) is 3.92. The van der Waals surface area contributed by atoms with Gasteiger partial charge in [-0.25, -0.2) is 0 Å². The lowest BCUT2D eigenvalue weighted by molar-refractivity contribution is 0.100. The number of primary amides is 1. The Labute approximate surface area is 97.9 Å². The van der Waals surface area contributed by atoms with Crippen LogP contribution in [0.3, 0.4) is 0 Å². The second-order valence-corrected chi connectivity index (χ2v) is 4.81. The van der Waals surface area contributed by atoms with Crippen LogP contribution in [0.5, 0.6) is 0 Å². The molecule has 0 aromatic carbocycles. The van der Waals surface area contributed by atoms with Crippen LogP contribution in [0.1, 0.15) is 20.8 Å². The highest BCUT2D eigenvalue weighted by Crippen LogP contribution is 2.35. The number of thiophene rings is 1. The van der Waals surface area contributed by atoms with Gasteiger partial charge in [0.25, 0.3) is 0 Å². The van der Waals surface area contributed by atoms with Gasteiger partial charge < -0.3 is 5.73 Å². The topological polar surface area (TPSA) is 56.0 Å². The van der Waals surface area contributed by atoms with Crippen molar-refractivity contribution in [3.8, 4) is 10.4 Å². The molecule has 0 atom stereocenters. The molecule has 3 nitrogen and oxygen atoms in total. The van der Waals surface area contributed by atoms with Crippen LogP contribution in [0.2, 0.25) is 0 Å². The molecular weight excluding hydrogens is 220 g/mol. The van der Waals surface area contributed by atoms with E-state index in [1.807, 2.05) is 26.0 Å². The number of nitrogens with zero attached hydrogens (tertiary/aromatic N) is 1. The van der Waals surface area contributed by atoms with E-state index >= 15 is 0 Å². The number of hydrogen-bond donors (Lipinski definition) is 1. The van der Waals surface area contributed by atoms with E-state index in [2.05, 4.69) is 4.98 Å². The molecule has 0 saturated carbocycles. The van der Waals surface area contributed by atoms with Gasteiger partial charge >= 0.3 is 0 Å². The number of pyridine rings is 1. The maximum absolute atomic E-state index is 11.4. The summed E-state index contributed by atoms with van der Waals surface area (Å²) in [5.74, 6) is -0.367. The molecule has 0 radical (unpaired) electrons. The van der Waals surface area contributed by atoms with Gasteiger partial charge in [-0.2, -0.15) is 0 Å². The Morgan fingerprint density at radius 1 is 1.31 bits per heavy atom. The minimum absolute atomic E-state index is 0.367. The van der Waals surface area contributed by atoms with Gasteiger partial charge in [0.15, 0.2) is 0 Å². The average molecular weight is 232 g/mol. The minimum atomic E-state index is -0.367. The van der Waals surface area contributed by atoms with Crippen molar-refractivity contribution in [3.05, 3.63) is 40.5 Å². The molecule has 4 heteroatoms. The van der Waals surface area contributed by atoms with E-state index in [1.54, 1.807) is 23.7 Å². The second kappa shape index (κ2) is 4.06. The first-order valence-electron chi connectivity index (χ1n) is 4.91. The molecular formula is C12H12N2OS. The van der Waals surface area contributed by atoms with E-state index in [9.17, 15) is 4.79 Å². The molecule has 0 aliphatic heterocycles. The number of aromatic nitrogens is 1. The van der Waals surface area contributed by atoms with Gasteiger partial charge in [0, 0.05) is 22.1 Å². The molecule has 2 aromatic heterocycles. The van der Waals surface area contributed by atoms with Crippen LogP contribution in [0.25, 0.3) is 10.4 Å². The van der Waals surface area contributed by atoms with Gasteiger partial charge in [-0.15, -0.1) is 11.3 Å². The van der Waals surface area contributed by atoms with Crippen molar-refractivity contribution in [3.63, 3.8) is 0 Å². The molecule has 16 heavy (non-hydrogen) atoms. The SMILES string of the molecule is Cc1sc(-c2ccncc2)c(C(N)=O)c1C. The number of carbonyl (C=O) groups is 1. The number of nitrogens with two attached hydrogens (primary N) is 1. The van der Waals surface area contributed by atoms with Crippen molar-refractivity contribution in [2.45, 2.75) is 13.8 Å². The first kappa shape index (κ1) is 10.8. The normalized spacial score (nSPS) is 10.4. The van der Waals surface area contributed by atoms with E-state index in [0.717, 1.165) is 20.9 Å². The molecule has 0 aliphatic rings. The second-order valence-electron chi connectivity index (χ2n) is 3.59. The van der Waals surface area contributed by atoms with Crippen LogP contribution < -0.4 is 5.73 Å². The Morgan fingerprint density at radius 2 is 1.94 bits per heavy atom. The summed E-state index contributed by atoms with van der Waals surface area (Å²) in [5, 5.41) is 0. The summed E-state index contributed by atoms with van der Waals surface area (Å²) in [6.07, 6.45) is 3.43. The fourth-order valence-corrected chi connectivity index (χ4v) is 2.80. The van der Waals surface area contributed by atoms with Crippen LogP contribution in [-0.4, -0.2) is 10.9 Å². The number of amides is 1. The highest BCUT2D eigenvalue weighted by Gasteiger charge is 2.17. The fourth-order valence-electron chi connectivity index (χ4n) is 1.63. The van der Waals surface area contributed by atoms with E-state index in [1.165, 1.54) is 0 Å². The van der Waals surface area contributed by atoms with Gasteiger partial charge in [0.05, 0.1) is 5.56 Å². The van der Waals surface area contributed by atoms with Gasteiger partial charge in [-0.3, -0.25) is 9.78 Å². The summed E-state index contributed by atoms with van der Waals surface area (Å²) < 4.78 is 0. The third-order valence-corrected chi connectivity index (χ3v) is 3.83. The smallest absolute Gasteiger partial charge is 0.250 e. The van der Waals surface area contributed by atoms with Gasteiger partial charge in [0.2, 0.25) is 5.91 Å². The summed E-state index contributed by atoms with van der Waals surface area (Å²) >= 11 is 1.59. The van der Waals surface area contributed by atoms with Gasteiger partial charge in [-0.1, -0.05) is 0 Å². The Balaban J connectivity index is 2.66. The van der Waals surface area contributed by atoms with Crippen molar-refractivity contribution in [2.24, 2.45) is 5.73 Å². The summed E-state index contributed by atoms with van der Waals surface area (Å²) in [5.41, 5.74) is 8.02. The molecule has 1 amide bonds. The third-order valence-electron chi connectivity index (χ3n) is 2.57. The summed E-state index contributed by atoms with van der Waals surface area (Å²) in [7, 11) is 0. The Kier molecular flexibility index (Phi) is 2.75. The zero-order valence-corrected chi connectivity index (χ0v) is 9.97. The molecule has 0 spiro atoms. The highest BCUT2D eigenvalue weighted by atomic mass is 32.1. The van der Waals surface area contributed by atoms with Crippen LogP contribution in [0.15, 0.2) is 24.5 Å². The number of aryl methyl sites for hydroxylation is 1. The van der Waals surface area contributed by atoms with E-state index < -0.39 is 0 Å². The summed E-state index contributed by atoms with van der Waals surface area (Å²) in [4.78, 5) is 17.5. The number of hydrogen-bond acceptors (Lipinski definition) is 3. The average Bonchev–Trinajstić information content (AvgIpc) is 2.57. The first-order valence-corrected chi connectivity index (χ1v) is 5.73. The van der Waals surface area contributed by atoms with Gasteiger partial charge in [0.1, 0.15) is 0 Å². The fraction of sp³-hybridized carbons (Fsp3) is 0.167. The molecule has 0 saturated heterocycles. The van der Waals surface area contributed by atoms with Crippen molar-refractivity contribution < 1.29 is 4.79 Å². The number of carbonyl (C=O) groups excluding carboxylic acids is 1. The van der Waals surface area contributed by atoms with Crippen LogP contribution in [-0.2, 0) is 0 Å². The monoisotopic (exact) mass is 232 g/mol. The van der Waals surface area contributed by atoms with Crippen molar-refractivity contribution in [2.75, 3.05) is 0 Å². The standard InChI is InChI=1S/C12H12N2OS/c1-7-8(2)16-11(10(7)12(13)15)9-3-5-14-6-4-9/h3-6H,1-2H3,(H2,13,15).